The van der Waals surface area contributed by atoms with Gasteiger partial charge >= 0.3 is 5.97 Å². The molecule has 18 heavy (non-hydrogen) atoms. The first kappa shape index (κ1) is 12.9. The second kappa shape index (κ2) is 5.37. The molecular formula is C12H9ClN2O2S. The molecule has 0 aliphatic carbocycles. The minimum Gasteiger partial charge on any atom is -0.478 e. The lowest BCUT2D eigenvalue weighted by Crippen LogP contribution is -2.03. The van der Waals surface area contributed by atoms with Crippen molar-refractivity contribution in [2.24, 2.45) is 0 Å². The van der Waals surface area contributed by atoms with Crippen molar-refractivity contribution >= 4 is 29.3 Å². The Bertz CT molecular complexity index is 604. The van der Waals surface area contributed by atoms with Gasteiger partial charge in [0.05, 0.1) is 10.6 Å². The highest BCUT2D eigenvalue weighted by Crippen LogP contribution is 2.32. The second-order valence-corrected chi connectivity index (χ2v) is 4.89. The van der Waals surface area contributed by atoms with Crippen LogP contribution in [0.2, 0.25) is 5.02 Å². The fourth-order valence-electron chi connectivity index (χ4n) is 1.41. The summed E-state index contributed by atoms with van der Waals surface area (Å²) in [4.78, 5) is 19.4. The SMILES string of the molecule is Cc1ccnc(Sc2ncccc2Cl)c1C(=O)O. The minimum absolute atomic E-state index is 0.184. The minimum atomic E-state index is -1.00. The molecule has 4 nitrogen and oxygen atoms in total. The number of pyridine rings is 2. The van der Waals surface area contributed by atoms with Gasteiger partial charge in [-0.15, -0.1) is 0 Å². The van der Waals surface area contributed by atoms with E-state index in [1.165, 1.54) is 0 Å². The van der Waals surface area contributed by atoms with Gasteiger partial charge in [0, 0.05) is 12.4 Å². The van der Waals surface area contributed by atoms with Crippen LogP contribution in [0.25, 0.3) is 0 Å². The fraction of sp³-hybridized carbons (Fsp3) is 0.0833. The summed E-state index contributed by atoms with van der Waals surface area (Å²) in [7, 11) is 0. The van der Waals surface area contributed by atoms with E-state index in [4.69, 9.17) is 11.6 Å². The fourth-order valence-corrected chi connectivity index (χ4v) is 2.57. The molecule has 1 N–H and O–H groups in total. The number of aromatic nitrogens is 2. The van der Waals surface area contributed by atoms with Crippen molar-refractivity contribution in [3.63, 3.8) is 0 Å². The van der Waals surface area contributed by atoms with Crippen molar-refractivity contribution < 1.29 is 9.90 Å². The average Bonchev–Trinajstić information content (AvgIpc) is 2.31. The molecule has 0 saturated carbocycles. The summed E-state index contributed by atoms with van der Waals surface area (Å²) in [6, 6.07) is 5.08. The summed E-state index contributed by atoms with van der Waals surface area (Å²) in [5, 5.41) is 10.6. The average molecular weight is 281 g/mol. The molecule has 0 spiro atoms. The highest BCUT2D eigenvalue weighted by Gasteiger charge is 2.16. The summed E-state index contributed by atoms with van der Waals surface area (Å²) in [6.45, 7) is 1.73. The smallest absolute Gasteiger partial charge is 0.338 e. The molecule has 0 atom stereocenters. The Morgan fingerprint density at radius 1 is 1.28 bits per heavy atom. The van der Waals surface area contributed by atoms with Crippen molar-refractivity contribution in [1.82, 2.24) is 9.97 Å². The lowest BCUT2D eigenvalue weighted by Gasteiger charge is -2.07. The van der Waals surface area contributed by atoms with Crippen molar-refractivity contribution in [2.45, 2.75) is 17.0 Å². The normalized spacial score (nSPS) is 10.3. The standard InChI is InChI=1S/C12H9ClN2O2S/c1-7-4-6-15-11(9(7)12(16)17)18-10-8(13)3-2-5-14-10/h2-6H,1H3,(H,16,17). The van der Waals surface area contributed by atoms with Crippen molar-refractivity contribution in [3.05, 3.63) is 46.7 Å². The molecule has 0 unspecified atom stereocenters. The number of aryl methyl sites for hydroxylation is 1. The quantitative estimate of drug-likeness (QED) is 0.935. The molecule has 0 aliphatic heterocycles. The molecule has 0 aliphatic rings. The van der Waals surface area contributed by atoms with E-state index in [1.54, 1.807) is 37.5 Å². The van der Waals surface area contributed by atoms with E-state index in [1.807, 2.05) is 0 Å². The zero-order valence-corrected chi connectivity index (χ0v) is 11.0. The number of carbonyl (C=O) groups is 1. The molecule has 2 heterocycles. The number of hydrogen-bond acceptors (Lipinski definition) is 4. The van der Waals surface area contributed by atoms with Gasteiger partial charge in [0.1, 0.15) is 10.1 Å². The van der Waals surface area contributed by atoms with Gasteiger partial charge in [-0.25, -0.2) is 14.8 Å². The van der Waals surface area contributed by atoms with E-state index in [0.29, 0.717) is 20.6 Å². The predicted octanol–water partition coefficient (Wildman–Crippen LogP) is 3.29. The number of hydrogen-bond donors (Lipinski definition) is 1. The van der Waals surface area contributed by atoms with Gasteiger partial charge in [-0.1, -0.05) is 11.6 Å². The van der Waals surface area contributed by atoms with Crippen LogP contribution in [0.1, 0.15) is 15.9 Å². The van der Waals surface area contributed by atoms with E-state index in [2.05, 4.69) is 9.97 Å². The maximum absolute atomic E-state index is 11.2. The number of aromatic carboxylic acids is 1. The number of halogens is 1. The maximum Gasteiger partial charge on any atom is 0.338 e. The number of rotatable bonds is 3. The largest absolute Gasteiger partial charge is 0.478 e. The molecule has 2 aromatic heterocycles. The van der Waals surface area contributed by atoms with Gasteiger partial charge < -0.3 is 5.11 Å². The van der Waals surface area contributed by atoms with Gasteiger partial charge in [-0.3, -0.25) is 0 Å². The topological polar surface area (TPSA) is 63.1 Å². The molecule has 0 radical (unpaired) electrons. The number of carboxylic acid groups (broad SMARTS) is 1. The van der Waals surface area contributed by atoms with Gasteiger partial charge in [-0.2, -0.15) is 0 Å². The summed E-state index contributed by atoms with van der Waals surface area (Å²) in [5.74, 6) is -1.00. The third kappa shape index (κ3) is 2.63. The lowest BCUT2D eigenvalue weighted by atomic mass is 10.2. The Balaban J connectivity index is 2.44. The van der Waals surface area contributed by atoms with E-state index >= 15 is 0 Å². The predicted molar refractivity (Wildman–Crippen MR) is 69.3 cm³/mol. The zero-order valence-electron chi connectivity index (χ0n) is 9.42. The number of carboxylic acids is 1. The van der Waals surface area contributed by atoms with E-state index in [0.717, 1.165) is 11.8 Å². The third-order valence-corrected chi connectivity index (χ3v) is 3.70. The Kier molecular flexibility index (Phi) is 3.84. The Hall–Kier alpha value is -1.59. The summed E-state index contributed by atoms with van der Waals surface area (Å²) < 4.78 is 0. The van der Waals surface area contributed by atoms with Gasteiger partial charge in [0.25, 0.3) is 0 Å². The number of nitrogens with zero attached hydrogens (tertiary/aromatic N) is 2. The first-order valence-corrected chi connectivity index (χ1v) is 6.26. The van der Waals surface area contributed by atoms with Crippen LogP contribution in [0.3, 0.4) is 0 Å². The molecule has 0 amide bonds. The first-order valence-electron chi connectivity index (χ1n) is 5.07. The van der Waals surface area contributed by atoms with E-state index in [-0.39, 0.29) is 5.56 Å². The zero-order chi connectivity index (χ0) is 13.1. The Morgan fingerprint density at radius 3 is 2.67 bits per heavy atom. The molecule has 92 valence electrons. The van der Waals surface area contributed by atoms with Crippen LogP contribution in [0.4, 0.5) is 0 Å². The second-order valence-electron chi connectivity index (χ2n) is 3.51. The summed E-state index contributed by atoms with van der Waals surface area (Å²) in [5.41, 5.74) is 0.844. The molecule has 2 aromatic rings. The van der Waals surface area contributed by atoms with Crippen LogP contribution >= 0.6 is 23.4 Å². The molecule has 0 saturated heterocycles. The van der Waals surface area contributed by atoms with Crippen LogP contribution in [0.5, 0.6) is 0 Å². The van der Waals surface area contributed by atoms with Crippen LogP contribution in [0.15, 0.2) is 40.6 Å². The molecule has 0 bridgehead atoms. The van der Waals surface area contributed by atoms with Gasteiger partial charge in [0.15, 0.2) is 0 Å². The lowest BCUT2D eigenvalue weighted by molar-refractivity contribution is 0.0691. The highest BCUT2D eigenvalue weighted by atomic mass is 35.5. The molecule has 0 aromatic carbocycles. The Labute approximate surface area is 113 Å². The monoisotopic (exact) mass is 280 g/mol. The third-order valence-electron chi connectivity index (χ3n) is 2.26. The van der Waals surface area contributed by atoms with Gasteiger partial charge in [-0.05, 0) is 42.4 Å². The van der Waals surface area contributed by atoms with Crippen LogP contribution < -0.4 is 0 Å². The van der Waals surface area contributed by atoms with E-state index in [9.17, 15) is 9.90 Å². The Morgan fingerprint density at radius 2 is 2.00 bits per heavy atom. The highest BCUT2D eigenvalue weighted by molar-refractivity contribution is 7.99. The molecule has 2 rings (SSSR count). The van der Waals surface area contributed by atoms with Gasteiger partial charge in [0.2, 0.25) is 0 Å². The molecular weight excluding hydrogens is 272 g/mol. The molecule has 6 heteroatoms. The molecule has 0 fully saturated rings. The van der Waals surface area contributed by atoms with E-state index < -0.39 is 5.97 Å². The van der Waals surface area contributed by atoms with Crippen molar-refractivity contribution in [2.75, 3.05) is 0 Å². The summed E-state index contributed by atoms with van der Waals surface area (Å²) in [6.07, 6.45) is 3.17. The van der Waals surface area contributed by atoms with Crippen molar-refractivity contribution in [1.29, 1.82) is 0 Å². The summed E-state index contributed by atoms with van der Waals surface area (Å²) >= 11 is 7.14. The van der Waals surface area contributed by atoms with Crippen molar-refractivity contribution in [3.8, 4) is 0 Å². The van der Waals surface area contributed by atoms with Crippen LogP contribution in [-0.2, 0) is 0 Å². The van der Waals surface area contributed by atoms with Crippen LogP contribution in [-0.4, -0.2) is 21.0 Å². The van der Waals surface area contributed by atoms with Crippen LogP contribution in [0, 0.1) is 6.92 Å². The first-order chi connectivity index (χ1) is 8.59. The maximum atomic E-state index is 11.2.